The molecule has 0 saturated carbocycles. The van der Waals surface area contributed by atoms with Gasteiger partial charge in [0, 0.05) is 11.4 Å². The number of benzene rings is 1. The smallest absolute Gasteiger partial charge is 0.407 e. The number of thioether (sulfide) groups is 1. The summed E-state index contributed by atoms with van der Waals surface area (Å²) in [5.74, 6) is 0. The second-order valence-electron chi connectivity index (χ2n) is 4.70. The summed E-state index contributed by atoms with van der Waals surface area (Å²) in [6, 6.07) is 8.08. The lowest BCUT2D eigenvalue weighted by Gasteiger charge is -2.19. The van der Waals surface area contributed by atoms with Crippen molar-refractivity contribution in [1.82, 2.24) is 5.32 Å². The Balaban J connectivity index is 2.42. The summed E-state index contributed by atoms with van der Waals surface area (Å²) < 4.78 is 5.15. The molecule has 0 atom stereocenters. The number of rotatable bonds is 3. The predicted molar refractivity (Wildman–Crippen MR) is 71.3 cm³/mol. The molecule has 0 saturated heterocycles. The summed E-state index contributed by atoms with van der Waals surface area (Å²) in [5, 5.41) is 2.73. The molecule has 0 unspecified atom stereocenters. The van der Waals surface area contributed by atoms with Crippen molar-refractivity contribution in [3.05, 3.63) is 29.8 Å². The average molecular weight is 253 g/mol. The fourth-order valence-corrected chi connectivity index (χ4v) is 1.64. The first-order valence-electron chi connectivity index (χ1n) is 5.50. The Labute approximate surface area is 107 Å². The van der Waals surface area contributed by atoms with E-state index in [-0.39, 0.29) is 6.09 Å². The van der Waals surface area contributed by atoms with E-state index in [1.807, 2.05) is 51.3 Å². The van der Waals surface area contributed by atoms with Crippen LogP contribution < -0.4 is 5.32 Å². The van der Waals surface area contributed by atoms with Crippen LogP contribution in [0.15, 0.2) is 29.2 Å². The summed E-state index contributed by atoms with van der Waals surface area (Å²) in [6.45, 7) is 6.03. The minimum atomic E-state index is -0.452. The molecule has 0 aliphatic rings. The van der Waals surface area contributed by atoms with Crippen molar-refractivity contribution in [3.8, 4) is 0 Å². The quantitative estimate of drug-likeness (QED) is 0.839. The third-order valence-corrected chi connectivity index (χ3v) is 2.74. The van der Waals surface area contributed by atoms with Gasteiger partial charge >= 0.3 is 6.09 Å². The molecule has 0 aromatic heterocycles. The van der Waals surface area contributed by atoms with Crippen molar-refractivity contribution in [2.45, 2.75) is 37.8 Å². The first-order chi connectivity index (χ1) is 7.90. The number of hydrogen-bond acceptors (Lipinski definition) is 3. The molecule has 0 bridgehead atoms. The van der Waals surface area contributed by atoms with E-state index in [2.05, 4.69) is 5.32 Å². The highest BCUT2D eigenvalue weighted by molar-refractivity contribution is 7.98. The van der Waals surface area contributed by atoms with Crippen LogP contribution in [0.2, 0.25) is 0 Å². The molecular weight excluding hydrogens is 234 g/mol. The van der Waals surface area contributed by atoms with Gasteiger partial charge in [-0.3, -0.25) is 0 Å². The molecule has 1 aromatic carbocycles. The maximum Gasteiger partial charge on any atom is 0.407 e. The van der Waals surface area contributed by atoms with Crippen LogP contribution in [0.4, 0.5) is 4.79 Å². The maximum absolute atomic E-state index is 11.4. The Morgan fingerprint density at radius 1 is 1.29 bits per heavy atom. The molecule has 1 amide bonds. The van der Waals surface area contributed by atoms with Crippen molar-refractivity contribution in [1.29, 1.82) is 0 Å². The third kappa shape index (κ3) is 5.63. The molecular formula is C13H19NO2S. The Hall–Kier alpha value is -1.16. The second kappa shape index (κ2) is 5.96. The fourth-order valence-electron chi connectivity index (χ4n) is 1.23. The van der Waals surface area contributed by atoms with Crippen molar-refractivity contribution >= 4 is 17.9 Å². The molecule has 0 heterocycles. The van der Waals surface area contributed by atoms with Crippen LogP contribution >= 0.6 is 11.8 Å². The Morgan fingerprint density at radius 3 is 2.35 bits per heavy atom. The largest absolute Gasteiger partial charge is 0.444 e. The van der Waals surface area contributed by atoms with Gasteiger partial charge in [0.05, 0.1) is 0 Å². The standard InChI is InChI=1S/C13H19NO2S/c1-13(2,3)16-12(15)14-9-10-5-7-11(17-4)8-6-10/h5-8H,9H2,1-4H3,(H,14,15). The zero-order valence-electron chi connectivity index (χ0n) is 10.7. The van der Waals surface area contributed by atoms with Gasteiger partial charge in [0.15, 0.2) is 0 Å². The first kappa shape index (κ1) is 13.9. The van der Waals surface area contributed by atoms with E-state index in [0.717, 1.165) is 5.56 Å². The highest BCUT2D eigenvalue weighted by Gasteiger charge is 2.15. The minimum Gasteiger partial charge on any atom is -0.444 e. The zero-order chi connectivity index (χ0) is 12.9. The van der Waals surface area contributed by atoms with Gasteiger partial charge in [0.25, 0.3) is 0 Å². The van der Waals surface area contributed by atoms with Gasteiger partial charge in [-0.05, 0) is 44.7 Å². The highest BCUT2D eigenvalue weighted by atomic mass is 32.2. The number of alkyl carbamates (subject to hydrolysis) is 1. The van der Waals surface area contributed by atoms with Gasteiger partial charge in [-0.25, -0.2) is 4.79 Å². The zero-order valence-corrected chi connectivity index (χ0v) is 11.6. The lowest BCUT2D eigenvalue weighted by atomic mass is 10.2. The molecule has 3 nitrogen and oxygen atoms in total. The Kier molecular flexibility index (Phi) is 4.87. The van der Waals surface area contributed by atoms with Gasteiger partial charge in [0.1, 0.15) is 5.60 Å². The Bertz CT molecular complexity index is 368. The molecule has 1 N–H and O–H groups in total. The van der Waals surface area contributed by atoms with E-state index in [0.29, 0.717) is 6.54 Å². The van der Waals surface area contributed by atoms with Crippen LogP contribution in [0.25, 0.3) is 0 Å². The summed E-state index contributed by atoms with van der Waals surface area (Å²) in [7, 11) is 0. The molecule has 0 radical (unpaired) electrons. The van der Waals surface area contributed by atoms with Crippen LogP contribution in [-0.4, -0.2) is 18.0 Å². The monoisotopic (exact) mass is 253 g/mol. The van der Waals surface area contributed by atoms with Gasteiger partial charge in [-0.15, -0.1) is 11.8 Å². The van der Waals surface area contributed by atoms with Crippen molar-refractivity contribution < 1.29 is 9.53 Å². The van der Waals surface area contributed by atoms with Gasteiger partial charge in [-0.2, -0.15) is 0 Å². The van der Waals surface area contributed by atoms with Gasteiger partial charge < -0.3 is 10.1 Å². The molecule has 0 fully saturated rings. The molecule has 0 aliphatic heterocycles. The van der Waals surface area contributed by atoms with E-state index >= 15 is 0 Å². The van der Waals surface area contributed by atoms with E-state index in [4.69, 9.17) is 4.74 Å². The fraction of sp³-hybridized carbons (Fsp3) is 0.462. The SMILES string of the molecule is CSc1ccc(CNC(=O)OC(C)(C)C)cc1. The molecule has 0 spiro atoms. The first-order valence-corrected chi connectivity index (χ1v) is 6.73. The maximum atomic E-state index is 11.4. The van der Waals surface area contributed by atoms with Crippen molar-refractivity contribution in [2.75, 3.05) is 6.26 Å². The van der Waals surface area contributed by atoms with E-state index in [9.17, 15) is 4.79 Å². The predicted octanol–water partition coefficient (Wildman–Crippen LogP) is 3.43. The molecule has 1 rings (SSSR count). The average Bonchev–Trinajstić information content (AvgIpc) is 2.25. The number of ether oxygens (including phenoxy) is 1. The molecule has 0 aliphatic carbocycles. The Morgan fingerprint density at radius 2 is 1.88 bits per heavy atom. The van der Waals surface area contributed by atoms with Crippen molar-refractivity contribution in [3.63, 3.8) is 0 Å². The van der Waals surface area contributed by atoms with E-state index in [1.165, 1.54) is 4.90 Å². The van der Waals surface area contributed by atoms with Crippen LogP contribution in [0.5, 0.6) is 0 Å². The number of carbonyl (C=O) groups is 1. The molecule has 4 heteroatoms. The molecule has 1 aromatic rings. The van der Waals surface area contributed by atoms with Crippen LogP contribution in [0.3, 0.4) is 0 Å². The van der Waals surface area contributed by atoms with Crippen LogP contribution in [0.1, 0.15) is 26.3 Å². The highest BCUT2D eigenvalue weighted by Crippen LogP contribution is 2.14. The molecule has 94 valence electrons. The summed E-state index contributed by atoms with van der Waals surface area (Å²) in [6.07, 6.45) is 1.65. The summed E-state index contributed by atoms with van der Waals surface area (Å²) >= 11 is 1.70. The summed E-state index contributed by atoms with van der Waals surface area (Å²) in [5.41, 5.74) is 0.612. The number of amides is 1. The molecule has 17 heavy (non-hydrogen) atoms. The summed E-state index contributed by atoms with van der Waals surface area (Å²) in [4.78, 5) is 12.6. The second-order valence-corrected chi connectivity index (χ2v) is 5.58. The van der Waals surface area contributed by atoms with Crippen molar-refractivity contribution in [2.24, 2.45) is 0 Å². The number of hydrogen-bond donors (Lipinski definition) is 1. The van der Waals surface area contributed by atoms with E-state index < -0.39 is 5.60 Å². The topological polar surface area (TPSA) is 38.3 Å². The lowest BCUT2D eigenvalue weighted by molar-refractivity contribution is 0.0523. The minimum absolute atomic E-state index is 0.383. The van der Waals surface area contributed by atoms with Crippen LogP contribution in [0, 0.1) is 0 Å². The number of carbonyl (C=O) groups excluding carboxylic acids is 1. The lowest BCUT2D eigenvalue weighted by Crippen LogP contribution is -2.32. The van der Waals surface area contributed by atoms with Gasteiger partial charge in [-0.1, -0.05) is 12.1 Å². The van der Waals surface area contributed by atoms with Crippen LogP contribution in [-0.2, 0) is 11.3 Å². The van der Waals surface area contributed by atoms with Gasteiger partial charge in [0.2, 0.25) is 0 Å². The number of nitrogens with one attached hydrogen (secondary N) is 1. The normalized spacial score (nSPS) is 11.1. The third-order valence-electron chi connectivity index (χ3n) is 1.99. The van der Waals surface area contributed by atoms with E-state index in [1.54, 1.807) is 11.8 Å².